The highest BCUT2D eigenvalue weighted by atomic mass is 32.2. The Balaban J connectivity index is 2.38. The zero-order valence-corrected chi connectivity index (χ0v) is 7.66. The molecule has 1 heterocycles. The molecular weight excluding hydrogens is 158 g/mol. The lowest BCUT2D eigenvalue weighted by Gasteiger charge is -2.30. The van der Waals surface area contributed by atoms with Crippen LogP contribution in [0.2, 0.25) is 0 Å². The number of nitrogens with one attached hydrogen (secondary N) is 1. The van der Waals surface area contributed by atoms with E-state index in [1.54, 1.807) is 0 Å². The molecule has 0 saturated carbocycles. The maximum atomic E-state index is 7.23. The van der Waals surface area contributed by atoms with Gasteiger partial charge in [0, 0.05) is 13.1 Å². The second-order valence-corrected chi connectivity index (χ2v) is 4.06. The second-order valence-electron chi connectivity index (χ2n) is 2.84. The number of nitrogens with zero attached hydrogens (tertiary/aromatic N) is 1. The molecule has 0 radical (unpaired) electrons. The molecule has 3 nitrogen and oxygen atoms in total. The lowest BCUT2D eigenvalue weighted by atomic mass is 10.1. The molecule has 1 rings (SSSR count). The second kappa shape index (κ2) is 3.85. The van der Waals surface area contributed by atoms with Crippen LogP contribution >= 0.6 is 11.8 Å². The third-order valence-corrected chi connectivity index (χ3v) is 3.17. The van der Waals surface area contributed by atoms with E-state index in [2.05, 4.69) is 0 Å². The van der Waals surface area contributed by atoms with Crippen LogP contribution in [0, 0.1) is 5.41 Å². The Morgan fingerprint density at radius 3 is 2.55 bits per heavy atom. The van der Waals surface area contributed by atoms with Gasteiger partial charge in [-0.05, 0) is 24.3 Å². The standard InChI is InChI=1S/C7H15N3S/c1-10(7(8)9)6-2-4-11-5-3-6/h6H,2-5H2,1H3,(H3,8,9). The van der Waals surface area contributed by atoms with E-state index in [4.69, 9.17) is 11.1 Å². The Morgan fingerprint density at radius 2 is 2.09 bits per heavy atom. The molecule has 0 aliphatic carbocycles. The van der Waals surface area contributed by atoms with Crippen molar-refractivity contribution in [3.05, 3.63) is 0 Å². The predicted molar refractivity (Wildman–Crippen MR) is 50.0 cm³/mol. The van der Waals surface area contributed by atoms with Crippen molar-refractivity contribution < 1.29 is 0 Å². The molecule has 1 aliphatic rings. The molecule has 3 N–H and O–H groups in total. The van der Waals surface area contributed by atoms with Gasteiger partial charge >= 0.3 is 0 Å². The molecule has 1 aliphatic heterocycles. The molecule has 0 aromatic rings. The molecule has 0 amide bonds. The minimum Gasteiger partial charge on any atom is -0.370 e. The number of nitrogens with two attached hydrogens (primary N) is 1. The van der Waals surface area contributed by atoms with Crippen LogP contribution in [0.15, 0.2) is 0 Å². The molecule has 0 spiro atoms. The first-order valence-corrected chi connectivity index (χ1v) is 5.02. The van der Waals surface area contributed by atoms with Gasteiger partial charge in [0.1, 0.15) is 0 Å². The van der Waals surface area contributed by atoms with E-state index in [1.165, 1.54) is 24.3 Å². The van der Waals surface area contributed by atoms with E-state index in [1.807, 2.05) is 23.7 Å². The summed E-state index contributed by atoms with van der Waals surface area (Å²) in [6, 6.07) is 0.508. The minimum atomic E-state index is 0.196. The Hall–Kier alpha value is -0.380. The Kier molecular flexibility index (Phi) is 3.05. The van der Waals surface area contributed by atoms with E-state index in [0.717, 1.165) is 0 Å². The zero-order chi connectivity index (χ0) is 8.27. The van der Waals surface area contributed by atoms with Gasteiger partial charge in [-0.3, -0.25) is 5.41 Å². The highest BCUT2D eigenvalue weighted by molar-refractivity contribution is 7.99. The molecule has 0 bridgehead atoms. The molecule has 64 valence electrons. The number of hydrogen-bond acceptors (Lipinski definition) is 2. The van der Waals surface area contributed by atoms with Gasteiger partial charge in [-0.25, -0.2) is 0 Å². The summed E-state index contributed by atoms with van der Waals surface area (Å²) in [5, 5.41) is 7.23. The van der Waals surface area contributed by atoms with E-state index in [-0.39, 0.29) is 5.96 Å². The zero-order valence-electron chi connectivity index (χ0n) is 6.84. The van der Waals surface area contributed by atoms with Crippen molar-refractivity contribution in [2.75, 3.05) is 18.6 Å². The molecule has 1 fully saturated rings. The highest BCUT2D eigenvalue weighted by Gasteiger charge is 2.18. The van der Waals surface area contributed by atoms with Crippen molar-refractivity contribution in [3.63, 3.8) is 0 Å². The number of guanidine groups is 1. The first-order chi connectivity index (χ1) is 5.22. The van der Waals surface area contributed by atoms with Crippen molar-refractivity contribution >= 4 is 17.7 Å². The van der Waals surface area contributed by atoms with Crippen molar-refractivity contribution in [2.24, 2.45) is 5.73 Å². The Labute approximate surface area is 71.8 Å². The van der Waals surface area contributed by atoms with Crippen LogP contribution in [0.25, 0.3) is 0 Å². The molecule has 0 atom stereocenters. The summed E-state index contributed by atoms with van der Waals surface area (Å²) in [5.74, 6) is 2.62. The number of thioether (sulfide) groups is 1. The van der Waals surface area contributed by atoms with Crippen LogP contribution in [-0.2, 0) is 0 Å². The smallest absolute Gasteiger partial charge is 0.188 e. The average molecular weight is 173 g/mol. The molecule has 1 saturated heterocycles. The van der Waals surface area contributed by atoms with Crippen molar-refractivity contribution in [3.8, 4) is 0 Å². The third kappa shape index (κ3) is 2.29. The van der Waals surface area contributed by atoms with E-state index in [0.29, 0.717) is 6.04 Å². The van der Waals surface area contributed by atoms with Crippen molar-refractivity contribution in [1.82, 2.24) is 4.90 Å². The maximum Gasteiger partial charge on any atom is 0.188 e. The summed E-state index contributed by atoms with van der Waals surface area (Å²) in [4.78, 5) is 1.87. The number of hydrogen-bond donors (Lipinski definition) is 2. The van der Waals surface area contributed by atoms with Crippen LogP contribution in [0.5, 0.6) is 0 Å². The summed E-state index contributed by atoms with van der Waals surface area (Å²) in [5.41, 5.74) is 5.37. The lowest BCUT2D eigenvalue weighted by molar-refractivity contribution is 0.339. The van der Waals surface area contributed by atoms with Crippen LogP contribution in [0.4, 0.5) is 0 Å². The number of rotatable bonds is 1. The summed E-state index contributed by atoms with van der Waals surface area (Å²) in [7, 11) is 1.91. The van der Waals surface area contributed by atoms with Crippen molar-refractivity contribution in [1.29, 1.82) is 5.41 Å². The van der Waals surface area contributed by atoms with Gasteiger partial charge in [0.2, 0.25) is 0 Å². The fraction of sp³-hybridized carbons (Fsp3) is 0.857. The summed E-state index contributed by atoms with van der Waals surface area (Å²) in [6.07, 6.45) is 2.33. The van der Waals surface area contributed by atoms with E-state index in [9.17, 15) is 0 Å². The molecule has 0 aromatic heterocycles. The van der Waals surface area contributed by atoms with Crippen LogP contribution in [0.3, 0.4) is 0 Å². The van der Waals surface area contributed by atoms with Gasteiger partial charge < -0.3 is 10.6 Å². The van der Waals surface area contributed by atoms with E-state index >= 15 is 0 Å². The quantitative estimate of drug-likeness (QED) is 0.453. The largest absolute Gasteiger partial charge is 0.370 e. The predicted octanol–water partition coefficient (Wildman–Crippen LogP) is 0.707. The first-order valence-electron chi connectivity index (χ1n) is 3.86. The fourth-order valence-electron chi connectivity index (χ4n) is 1.27. The van der Waals surface area contributed by atoms with Crippen LogP contribution < -0.4 is 5.73 Å². The first kappa shape index (κ1) is 8.71. The highest BCUT2D eigenvalue weighted by Crippen LogP contribution is 2.20. The average Bonchev–Trinajstić information content (AvgIpc) is 2.05. The van der Waals surface area contributed by atoms with Gasteiger partial charge in [-0.15, -0.1) is 0 Å². The summed E-state index contributed by atoms with van der Waals surface area (Å²) >= 11 is 1.99. The van der Waals surface area contributed by atoms with Gasteiger partial charge in [-0.1, -0.05) is 0 Å². The lowest BCUT2D eigenvalue weighted by Crippen LogP contribution is -2.42. The topological polar surface area (TPSA) is 53.1 Å². The van der Waals surface area contributed by atoms with Gasteiger partial charge in [0.15, 0.2) is 5.96 Å². The molecular formula is C7H15N3S. The summed E-state index contributed by atoms with van der Waals surface area (Å²) < 4.78 is 0. The van der Waals surface area contributed by atoms with Gasteiger partial charge in [-0.2, -0.15) is 11.8 Å². The van der Waals surface area contributed by atoms with Crippen molar-refractivity contribution in [2.45, 2.75) is 18.9 Å². The third-order valence-electron chi connectivity index (χ3n) is 2.12. The maximum absolute atomic E-state index is 7.23. The van der Waals surface area contributed by atoms with Crippen LogP contribution in [0.1, 0.15) is 12.8 Å². The normalized spacial score (nSPS) is 19.7. The Morgan fingerprint density at radius 1 is 1.55 bits per heavy atom. The molecule has 0 unspecified atom stereocenters. The SMILES string of the molecule is CN(C(=N)N)C1CCSCC1. The van der Waals surface area contributed by atoms with Gasteiger partial charge in [0.25, 0.3) is 0 Å². The monoisotopic (exact) mass is 173 g/mol. The minimum absolute atomic E-state index is 0.196. The molecule has 0 aromatic carbocycles. The molecule has 11 heavy (non-hydrogen) atoms. The molecule has 4 heteroatoms. The fourth-order valence-corrected chi connectivity index (χ4v) is 2.35. The van der Waals surface area contributed by atoms with Gasteiger partial charge in [0.05, 0.1) is 0 Å². The van der Waals surface area contributed by atoms with Crippen LogP contribution in [-0.4, -0.2) is 35.5 Å². The Bertz CT molecular complexity index is 143. The summed E-state index contributed by atoms with van der Waals surface area (Å²) in [6.45, 7) is 0. The van der Waals surface area contributed by atoms with E-state index < -0.39 is 0 Å².